The van der Waals surface area contributed by atoms with Crippen LogP contribution >= 0.6 is 0 Å². The maximum atomic E-state index is 5.95. The molecule has 3 rings (SSSR count). The van der Waals surface area contributed by atoms with E-state index in [1.165, 1.54) is 4.90 Å². The highest BCUT2D eigenvalue weighted by Crippen LogP contribution is 2.20. The van der Waals surface area contributed by atoms with Crippen LogP contribution in [0.3, 0.4) is 0 Å². The van der Waals surface area contributed by atoms with Crippen LogP contribution in [0, 0.1) is 6.92 Å². The highest BCUT2D eigenvalue weighted by atomic mass is 16.5. The lowest BCUT2D eigenvalue weighted by Crippen LogP contribution is -3.14. The quantitative estimate of drug-likeness (QED) is 0.856. The van der Waals surface area contributed by atoms with Crippen molar-refractivity contribution in [3.63, 3.8) is 0 Å². The molecule has 0 radical (unpaired) electrons. The van der Waals surface area contributed by atoms with Crippen molar-refractivity contribution in [2.45, 2.75) is 6.92 Å². The molecule has 0 amide bonds. The molecule has 0 atom stereocenters. The Kier molecular flexibility index (Phi) is 5.39. The first-order valence-corrected chi connectivity index (χ1v) is 7.93. The number of benzene rings is 1. The van der Waals surface area contributed by atoms with Crippen molar-refractivity contribution in [1.82, 2.24) is 10.1 Å². The Labute approximate surface area is 135 Å². The van der Waals surface area contributed by atoms with Crippen LogP contribution in [0.25, 0.3) is 12.2 Å². The maximum Gasteiger partial charge on any atom is 0.250 e. The molecule has 1 aromatic carbocycles. The fraction of sp³-hybridized carbons (Fsp3) is 0.412. The van der Waals surface area contributed by atoms with Crippen LogP contribution in [0.5, 0.6) is 5.75 Å². The minimum Gasteiger partial charge on any atom is -0.487 e. The monoisotopic (exact) mass is 316 g/mol. The van der Waals surface area contributed by atoms with Crippen molar-refractivity contribution in [1.29, 1.82) is 0 Å². The SMILES string of the molecule is Cc1noc(/C=C/c2ccccc2OCC[NH+]2CCOCC2)n1. The van der Waals surface area contributed by atoms with Gasteiger partial charge in [-0.25, -0.2) is 0 Å². The number of quaternary nitrogens is 1. The molecule has 0 bridgehead atoms. The number of aryl methyl sites for hydroxylation is 1. The topological polar surface area (TPSA) is 61.8 Å². The molecule has 122 valence electrons. The summed E-state index contributed by atoms with van der Waals surface area (Å²) in [6.07, 6.45) is 3.74. The standard InChI is InChI=1S/C17H21N3O3/c1-14-18-17(23-19-14)7-6-15-4-2-3-5-16(15)22-13-10-20-8-11-21-12-9-20/h2-7H,8-13H2,1H3/p+1/b7-6+. The van der Waals surface area contributed by atoms with Crippen molar-refractivity contribution in [3.8, 4) is 5.75 Å². The first-order valence-electron chi connectivity index (χ1n) is 7.93. The minimum atomic E-state index is 0.495. The van der Waals surface area contributed by atoms with Gasteiger partial charge < -0.3 is 18.9 Å². The van der Waals surface area contributed by atoms with Crippen LogP contribution < -0.4 is 9.64 Å². The zero-order valence-corrected chi connectivity index (χ0v) is 13.3. The molecule has 6 heteroatoms. The first kappa shape index (κ1) is 15.7. The van der Waals surface area contributed by atoms with E-state index >= 15 is 0 Å². The fourth-order valence-electron chi connectivity index (χ4n) is 2.51. The van der Waals surface area contributed by atoms with E-state index in [0.29, 0.717) is 18.3 Å². The van der Waals surface area contributed by atoms with Gasteiger partial charge in [0, 0.05) is 11.6 Å². The molecule has 0 saturated carbocycles. The molecule has 2 aromatic rings. The highest BCUT2D eigenvalue weighted by Gasteiger charge is 2.13. The van der Waals surface area contributed by atoms with Crippen molar-refractivity contribution in [2.75, 3.05) is 39.5 Å². The third-order valence-corrected chi connectivity index (χ3v) is 3.78. The van der Waals surface area contributed by atoms with Gasteiger partial charge in [0.1, 0.15) is 32.0 Å². The Hall–Kier alpha value is -2.18. The number of morpholine rings is 1. The van der Waals surface area contributed by atoms with Gasteiger partial charge in [0.05, 0.1) is 13.2 Å². The van der Waals surface area contributed by atoms with Gasteiger partial charge in [-0.1, -0.05) is 23.4 Å². The Morgan fingerprint density at radius 2 is 2.04 bits per heavy atom. The summed E-state index contributed by atoms with van der Waals surface area (Å²) >= 11 is 0. The zero-order valence-electron chi connectivity index (χ0n) is 13.3. The summed E-state index contributed by atoms with van der Waals surface area (Å²) in [7, 11) is 0. The van der Waals surface area contributed by atoms with Crippen molar-refractivity contribution in [2.24, 2.45) is 0 Å². The zero-order chi connectivity index (χ0) is 15.9. The second kappa shape index (κ2) is 7.89. The lowest BCUT2D eigenvalue weighted by atomic mass is 10.2. The third kappa shape index (κ3) is 4.64. The van der Waals surface area contributed by atoms with Gasteiger partial charge in [-0.15, -0.1) is 0 Å². The summed E-state index contributed by atoms with van der Waals surface area (Å²) in [6.45, 7) is 7.29. The minimum absolute atomic E-state index is 0.495. The molecule has 1 N–H and O–H groups in total. The summed E-state index contributed by atoms with van der Waals surface area (Å²) in [5.41, 5.74) is 1.00. The van der Waals surface area contributed by atoms with Crippen molar-refractivity contribution >= 4 is 12.2 Å². The summed E-state index contributed by atoms with van der Waals surface area (Å²) in [6, 6.07) is 7.95. The largest absolute Gasteiger partial charge is 0.487 e. The van der Waals surface area contributed by atoms with Gasteiger partial charge in [0.15, 0.2) is 5.82 Å². The fourth-order valence-corrected chi connectivity index (χ4v) is 2.51. The average molecular weight is 316 g/mol. The Morgan fingerprint density at radius 3 is 2.83 bits per heavy atom. The predicted octanol–water partition coefficient (Wildman–Crippen LogP) is 0.842. The van der Waals surface area contributed by atoms with Crippen LogP contribution in [-0.4, -0.2) is 49.6 Å². The molecule has 1 aliphatic rings. The van der Waals surface area contributed by atoms with Gasteiger partial charge in [-0.2, -0.15) is 4.98 Å². The van der Waals surface area contributed by atoms with E-state index in [-0.39, 0.29) is 0 Å². The second-order valence-electron chi connectivity index (χ2n) is 5.51. The Morgan fingerprint density at radius 1 is 1.22 bits per heavy atom. The number of nitrogens with one attached hydrogen (secondary N) is 1. The van der Waals surface area contributed by atoms with E-state index in [2.05, 4.69) is 10.1 Å². The van der Waals surface area contributed by atoms with Crippen LogP contribution in [0.4, 0.5) is 0 Å². The molecule has 1 fully saturated rings. The van der Waals surface area contributed by atoms with E-state index in [0.717, 1.165) is 44.2 Å². The number of ether oxygens (including phenoxy) is 2. The van der Waals surface area contributed by atoms with Gasteiger partial charge in [0.25, 0.3) is 5.89 Å². The van der Waals surface area contributed by atoms with Gasteiger partial charge >= 0.3 is 0 Å². The maximum absolute atomic E-state index is 5.95. The van der Waals surface area contributed by atoms with Crippen molar-refractivity contribution < 1.29 is 18.9 Å². The number of rotatable bonds is 6. The third-order valence-electron chi connectivity index (χ3n) is 3.78. The lowest BCUT2D eigenvalue weighted by Gasteiger charge is -2.23. The molecule has 1 saturated heterocycles. The summed E-state index contributed by atoms with van der Waals surface area (Å²) < 4.78 is 16.4. The van der Waals surface area contributed by atoms with Crippen LogP contribution in [0.2, 0.25) is 0 Å². The molecule has 2 heterocycles. The van der Waals surface area contributed by atoms with Gasteiger partial charge in [-0.3, -0.25) is 0 Å². The number of hydrogen-bond donors (Lipinski definition) is 1. The van der Waals surface area contributed by atoms with E-state index in [1.54, 1.807) is 13.0 Å². The smallest absolute Gasteiger partial charge is 0.250 e. The van der Waals surface area contributed by atoms with E-state index in [4.69, 9.17) is 14.0 Å². The van der Waals surface area contributed by atoms with E-state index in [1.807, 2.05) is 30.3 Å². The highest BCUT2D eigenvalue weighted by molar-refractivity contribution is 5.69. The van der Waals surface area contributed by atoms with Gasteiger partial charge in [-0.05, 0) is 19.1 Å². The van der Waals surface area contributed by atoms with Crippen LogP contribution in [0.1, 0.15) is 17.3 Å². The second-order valence-corrected chi connectivity index (χ2v) is 5.51. The summed E-state index contributed by atoms with van der Waals surface area (Å²) in [5.74, 6) is 1.99. The molecular formula is C17H22N3O3+. The Bertz CT molecular complexity index is 648. The first-order chi connectivity index (χ1) is 11.3. The average Bonchev–Trinajstić information content (AvgIpc) is 3.00. The van der Waals surface area contributed by atoms with Crippen LogP contribution in [0.15, 0.2) is 28.8 Å². The van der Waals surface area contributed by atoms with Gasteiger partial charge in [0.2, 0.25) is 0 Å². The molecule has 0 spiro atoms. The van der Waals surface area contributed by atoms with E-state index < -0.39 is 0 Å². The normalized spacial score (nSPS) is 16.0. The predicted molar refractivity (Wildman–Crippen MR) is 86.3 cm³/mol. The molecule has 1 aliphatic heterocycles. The number of nitrogens with zero attached hydrogens (tertiary/aromatic N) is 2. The van der Waals surface area contributed by atoms with Crippen molar-refractivity contribution in [3.05, 3.63) is 41.5 Å². The number of para-hydroxylation sites is 1. The molecule has 0 unspecified atom stereocenters. The summed E-state index contributed by atoms with van der Waals surface area (Å²) in [4.78, 5) is 5.69. The molecular weight excluding hydrogens is 294 g/mol. The molecule has 0 aliphatic carbocycles. The summed E-state index contributed by atoms with van der Waals surface area (Å²) in [5, 5.41) is 3.77. The number of aromatic nitrogens is 2. The molecule has 23 heavy (non-hydrogen) atoms. The van der Waals surface area contributed by atoms with Crippen LogP contribution in [-0.2, 0) is 4.74 Å². The molecule has 6 nitrogen and oxygen atoms in total. The number of hydrogen-bond acceptors (Lipinski definition) is 5. The molecule has 1 aromatic heterocycles. The lowest BCUT2D eigenvalue weighted by molar-refractivity contribution is -0.908. The Balaban J connectivity index is 1.57. The van der Waals surface area contributed by atoms with E-state index in [9.17, 15) is 0 Å².